The molecule has 36 heavy (non-hydrogen) atoms. The van der Waals surface area contributed by atoms with Gasteiger partial charge in [-0.05, 0) is 51.3 Å². The van der Waals surface area contributed by atoms with Gasteiger partial charge in [0.05, 0.1) is 35.5 Å². The summed E-state index contributed by atoms with van der Waals surface area (Å²) in [6, 6.07) is 5.66. The number of nitrogens with two attached hydrogens (primary N) is 1. The van der Waals surface area contributed by atoms with Gasteiger partial charge in [-0.2, -0.15) is 4.98 Å². The van der Waals surface area contributed by atoms with Gasteiger partial charge in [0.1, 0.15) is 0 Å². The van der Waals surface area contributed by atoms with Crippen LogP contribution in [0.3, 0.4) is 0 Å². The molecule has 0 saturated carbocycles. The van der Waals surface area contributed by atoms with Crippen LogP contribution in [0.2, 0.25) is 0 Å². The second kappa shape index (κ2) is 9.24. The maximum Gasteiger partial charge on any atom is 0.332 e. The summed E-state index contributed by atoms with van der Waals surface area (Å²) in [5.41, 5.74) is 10.1. The zero-order chi connectivity index (χ0) is 25.6. The van der Waals surface area contributed by atoms with Crippen LogP contribution in [0.1, 0.15) is 36.7 Å². The summed E-state index contributed by atoms with van der Waals surface area (Å²) in [6.45, 7) is 7.43. The van der Waals surface area contributed by atoms with Crippen LogP contribution in [0.15, 0.2) is 27.8 Å². The average molecular weight is 487 g/mol. The van der Waals surface area contributed by atoms with Gasteiger partial charge in [-0.1, -0.05) is 12.0 Å². The van der Waals surface area contributed by atoms with E-state index in [-0.39, 0.29) is 12.6 Å². The van der Waals surface area contributed by atoms with E-state index < -0.39 is 11.2 Å². The summed E-state index contributed by atoms with van der Waals surface area (Å²) < 4.78 is 4.51. The minimum absolute atomic E-state index is 0.0353. The summed E-state index contributed by atoms with van der Waals surface area (Å²) >= 11 is 0. The number of hydrogen-bond donors (Lipinski definition) is 1. The van der Waals surface area contributed by atoms with Crippen molar-refractivity contribution in [3.05, 3.63) is 56.0 Å². The van der Waals surface area contributed by atoms with Crippen LogP contribution in [0.5, 0.6) is 0 Å². The molecular weight excluding hydrogens is 456 g/mol. The molecule has 0 unspecified atom stereocenters. The molecule has 10 nitrogen and oxygen atoms in total. The Kier molecular flexibility index (Phi) is 6.10. The van der Waals surface area contributed by atoms with Crippen LogP contribution < -0.4 is 21.9 Å². The van der Waals surface area contributed by atoms with Gasteiger partial charge >= 0.3 is 5.69 Å². The monoisotopic (exact) mass is 486 g/mol. The first-order chi connectivity index (χ1) is 17.3. The maximum atomic E-state index is 13.8. The van der Waals surface area contributed by atoms with Crippen molar-refractivity contribution in [1.82, 2.24) is 28.7 Å². The Balaban J connectivity index is 1.66. The molecule has 1 aliphatic rings. The third-order valence-electron chi connectivity index (χ3n) is 6.85. The molecule has 4 aromatic rings. The molecule has 1 saturated heterocycles. The number of aromatic nitrogens is 6. The van der Waals surface area contributed by atoms with E-state index in [1.165, 1.54) is 9.13 Å². The third-order valence-corrected chi connectivity index (χ3v) is 6.85. The average Bonchev–Trinajstić information content (AvgIpc) is 3.24. The summed E-state index contributed by atoms with van der Waals surface area (Å²) in [5, 5.41) is 0. The number of fused-ring (bicyclic) bond motifs is 2. The van der Waals surface area contributed by atoms with Crippen molar-refractivity contribution in [3.8, 4) is 11.8 Å². The topological polar surface area (TPSA) is 117 Å². The maximum absolute atomic E-state index is 13.8. The number of aryl methyl sites for hydroxylation is 3. The normalized spacial score (nSPS) is 15.9. The summed E-state index contributed by atoms with van der Waals surface area (Å²) in [5.74, 6) is 6.59. The number of rotatable bonds is 4. The van der Waals surface area contributed by atoms with E-state index in [9.17, 15) is 9.59 Å². The highest BCUT2D eigenvalue weighted by Gasteiger charge is 2.26. The van der Waals surface area contributed by atoms with E-state index >= 15 is 0 Å². The van der Waals surface area contributed by atoms with Gasteiger partial charge in [-0.25, -0.2) is 14.8 Å². The molecule has 10 heteroatoms. The predicted molar refractivity (Wildman–Crippen MR) is 140 cm³/mol. The summed E-state index contributed by atoms with van der Waals surface area (Å²) in [4.78, 5) is 43.1. The molecule has 1 fully saturated rings. The zero-order valence-electron chi connectivity index (χ0n) is 21.1. The fourth-order valence-corrected chi connectivity index (χ4v) is 4.80. The van der Waals surface area contributed by atoms with Crippen LogP contribution in [-0.2, 0) is 20.1 Å². The number of piperidine rings is 1. The number of benzene rings is 1. The lowest BCUT2D eigenvalue weighted by Gasteiger charge is -2.31. The van der Waals surface area contributed by atoms with E-state index in [2.05, 4.69) is 26.7 Å². The van der Waals surface area contributed by atoms with Gasteiger partial charge < -0.3 is 10.6 Å². The minimum atomic E-state index is -0.424. The fourth-order valence-electron chi connectivity index (χ4n) is 4.80. The van der Waals surface area contributed by atoms with Gasteiger partial charge in [-0.3, -0.25) is 18.5 Å². The van der Waals surface area contributed by atoms with Crippen LogP contribution in [0, 0.1) is 25.7 Å². The van der Waals surface area contributed by atoms with Crippen LogP contribution in [0.25, 0.3) is 22.2 Å². The van der Waals surface area contributed by atoms with E-state index in [4.69, 9.17) is 10.7 Å². The minimum Gasteiger partial charge on any atom is -0.341 e. The molecule has 0 radical (unpaired) electrons. The molecule has 0 amide bonds. The van der Waals surface area contributed by atoms with Crippen molar-refractivity contribution in [2.75, 3.05) is 18.0 Å². The van der Waals surface area contributed by atoms with Crippen molar-refractivity contribution in [1.29, 1.82) is 0 Å². The lowest BCUT2D eigenvalue weighted by Crippen LogP contribution is -2.44. The zero-order valence-corrected chi connectivity index (χ0v) is 21.1. The van der Waals surface area contributed by atoms with Crippen LogP contribution in [0.4, 0.5) is 5.95 Å². The molecule has 186 valence electrons. The van der Waals surface area contributed by atoms with Crippen molar-refractivity contribution in [2.45, 2.75) is 52.7 Å². The van der Waals surface area contributed by atoms with Crippen LogP contribution >= 0.6 is 0 Å². The van der Waals surface area contributed by atoms with E-state index in [1.54, 1.807) is 14.0 Å². The van der Waals surface area contributed by atoms with Crippen molar-refractivity contribution in [2.24, 2.45) is 12.8 Å². The molecule has 1 aliphatic heterocycles. The Morgan fingerprint density at radius 2 is 1.83 bits per heavy atom. The first-order valence-corrected chi connectivity index (χ1v) is 12.1. The highest BCUT2D eigenvalue weighted by molar-refractivity contribution is 5.76. The number of anilines is 1. The predicted octanol–water partition coefficient (Wildman–Crippen LogP) is 1.46. The summed E-state index contributed by atoms with van der Waals surface area (Å²) in [6.07, 6.45) is 1.89. The standard InChI is InChI=1S/C26H30N8O2/c1-5-6-12-33-22-23(30-25(33)32-11-7-8-19(27)15-32)31(4)26(36)34(24(22)35)14-18-9-10-20-21(13-18)29-17(3)16(2)28-20/h9-10,13,19H,7-8,11-12,14-15,27H2,1-4H3/t19-/m1/s1. The Morgan fingerprint density at radius 1 is 1.08 bits per heavy atom. The second-order valence-corrected chi connectivity index (χ2v) is 9.40. The van der Waals surface area contributed by atoms with E-state index in [1.807, 2.05) is 36.6 Å². The van der Waals surface area contributed by atoms with Gasteiger partial charge in [0, 0.05) is 26.2 Å². The molecular formula is C26H30N8O2. The Morgan fingerprint density at radius 3 is 2.56 bits per heavy atom. The van der Waals surface area contributed by atoms with Gasteiger partial charge in [0.25, 0.3) is 5.56 Å². The third kappa shape index (κ3) is 4.05. The first kappa shape index (κ1) is 23.8. The van der Waals surface area contributed by atoms with Crippen molar-refractivity contribution in [3.63, 3.8) is 0 Å². The van der Waals surface area contributed by atoms with E-state index in [0.717, 1.165) is 47.4 Å². The van der Waals surface area contributed by atoms with Crippen molar-refractivity contribution >= 4 is 28.1 Å². The Hall–Kier alpha value is -3.97. The van der Waals surface area contributed by atoms with E-state index in [0.29, 0.717) is 30.2 Å². The lowest BCUT2D eigenvalue weighted by atomic mass is 10.1. The highest BCUT2D eigenvalue weighted by Crippen LogP contribution is 2.23. The number of hydrogen-bond acceptors (Lipinski definition) is 7. The van der Waals surface area contributed by atoms with Gasteiger partial charge in [0.2, 0.25) is 5.95 Å². The Bertz CT molecular complexity index is 1670. The molecule has 5 rings (SSSR count). The Labute approximate surface area is 208 Å². The van der Waals surface area contributed by atoms with Gasteiger partial charge in [-0.15, -0.1) is 5.92 Å². The van der Waals surface area contributed by atoms with Gasteiger partial charge in [0.15, 0.2) is 11.2 Å². The number of imidazole rings is 1. The van der Waals surface area contributed by atoms with Crippen molar-refractivity contribution < 1.29 is 0 Å². The molecule has 1 atom stereocenters. The highest BCUT2D eigenvalue weighted by atomic mass is 16.2. The largest absolute Gasteiger partial charge is 0.341 e. The molecule has 0 aliphatic carbocycles. The lowest BCUT2D eigenvalue weighted by molar-refractivity contribution is 0.496. The quantitative estimate of drug-likeness (QED) is 0.434. The molecule has 2 N–H and O–H groups in total. The van der Waals surface area contributed by atoms with Crippen LogP contribution in [-0.4, -0.2) is 47.8 Å². The molecule has 4 heterocycles. The summed E-state index contributed by atoms with van der Waals surface area (Å²) in [7, 11) is 1.65. The molecule has 0 bridgehead atoms. The second-order valence-electron chi connectivity index (χ2n) is 9.40. The smallest absolute Gasteiger partial charge is 0.332 e. The number of nitrogens with zero attached hydrogens (tertiary/aromatic N) is 7. The first-order valence-electron chi connectivity index (χ1n) is 12.1. The fraction of sp³-hybridized carbons (Fsp3) is 0.423. The SMILES string of the molecule is CC#CCn1c(N2CCC[C@@H](N)C2)nc2c1c(=O)n(Cc1ccc3nc(C)c(C)nc3c1)c(=O)n2C. The molecule has 1 aromatic carbocycles. The molecule has 3 aromatic heterocycles. The molecule has 0 spiro atoms.